The molecule has 0 radical (unpaired) electrons. The summed E-state index contributed by atoms with van der Waals surface area (Å²) in [5, 5.41) is 0. The zero-order valence-electron chi connectivity index (χ0n) is 15.2. The molecular weight excluding hydrogens is 274 g/mol. The van der Waals surface area contributed by atoms with Crippen LogP contribution in [0.5, 0.6) is 0 Å². The van der Waals surface area contributed by atoms with Crippen LogP contribution >= 0.6 is 0 Å². The Labute approximate surface area is 136 Å². The van der Waals surface area contributed by atoms with Gasteiger partial charge >= 0.3 is 5.97 Å². The smallest absolute Gasteiger partial charge is 0.351 e. The summed E-state index contributed by atoms with van der Waals surface area (Å²) in [6.07, 6.45) is 1.75. The molecule has 0 unspecified atom stereocenters. The van der Waals surface area contributed by atoms with E-state index < -0.39 is 0 Å². The molecule has 3 heteroatoms. The fourth-order valence-corrected chi connectivity index (χ4v) is 1.43. The molecule has 1 aromatic rings. The summed E-state index contributed by atoms with van der Waals surface area (Å²) in [4.78, 5) is 14.7. The summed E-state index contributed by atoms with van der Waals surface area (Å²) in [6, 6.07) is 6.50. The van der Waals surface area contributed by atoms with Gasteiger partial charge in [-0.15, -0.1) is 6.58 Å². The van der Waals surface area contributed by atoms with E-state index in [1.54, 1.807) is 19.9 Å². The molecule has 1 aromatic carbocycles. The number of rotatable bonds is 3. The Bertz CT molecular complexity index is 476. The van der Waals surface area contributed by atoms with Crippen molar-refractivity contribution in [2.45, 2.75) is 48.5 Å². The van der Waals surface area contributed by atoms with Crippen molar-refractivity contribution in [1.82, 2.24) is 0 Å². The van der Waals surface area contributed by atoms with Gasteiger partial charge in [-0.25, -0.2) is 4.79 Å². The van der Waals surface area contributed by atoms with Crippen molar-refractivity contribution in [2.75, 3.05) is 13.2 Å². The number of hydrogen-bond acceptors (Lipinski definition) is 3. The van der Waals surface area contributed by atoms with E-state index >= 15 is 0 Å². The quantitative estimate of drug-likeness (QED) is 0.455. The number of allylic oxidation sites excluding steroid dienone is 1. The van der Waals surface area contributed by atoms with E-state index in [-0.39, 0.29) is 5.97 Å². The third kappa shape index (κ3) is 11.9. The number of carbonyl (C=O) groups excluding carboxylic acids is 1. The Morgan fingerprint density at radius 3 is 2.14 bits per heavy atom. The van der Waals surface area contributed by atoms with Crippen molar-refractivity contribution in [3.8, 4) is 0 Å². The highest BCUT2D eigenvalue weighted by molar-refractivity contribution is 6.35. The predicted octanol–water partition coefficient (Wildman–Crippen LogP) is 4.83. The van der Waals surface area contributed by atoms with Crippen molar-refractivity contribution in [1.29, 1.82) is 0 Å². The first-order valence-corrected chi connectivity index (χ1v) is 7.62. The molecule has 0 fully saturated rings. The molecule has 0 spiro atoms. The van der Waals surface area contributed by atoms with E-state index in [1.165, 1.54) is 16.7 Å². The molecule has 0 saturated carbocycles. The predicted molar refractivity (Wildman–Crippen MR) is 96.8 cm³/mol. The topological polar surface area (TPSA) is 38.7 Å². The van der Waals surface area contributed by atoms with Gasteiger partial charge in [-0.3, -0.25) is 4.99 Å². The molecule has 0 bridgehead atoms. The maximum absolute atomic E-state index is 10.8. The zero-order valence-corrected chi connectivity index (χ0v) is 15.2. The second-order valence-electron chi connectivity index (χ2n) is 4.78. The molecular formula is C19H31NO2. The summed E-state index contributed by atoms with van der Waals surface area (Å²) in [6.45, 7) is 18.0. The Hall–Kier alpha value is -1.90. The molecule has 0 aromatic heterocycles. The van der Waals surface area contributed by atoms with Crippen LogP contribution in [0.25, 0.3) is 0 Å². The number of hydrogen-bond donors (Lipinski definition) is 0. The van der Waals surface area contributed by atoms with Crippen molar-refractivity contribution in [3.05, 3.63) is 47.5 Å². The number of benzene rings is 1. The standard InChI is InChI=1S/C9H12.C7H13NO2.C3H6/c1-7-4-5-8(2)9(3)6-7;1-4-8-6(3)7(9)10-5-2;1-3-2/h4-6H,1-3H3;4-5H2,1-3H3;3H,1H2,2H3. The van der Waals surface area contributed by atoms with Crippen LogP contribution < -0.4 is 0 Å². The maximum Gasteiger partial charge on any atom is 0.351 e. The summed E-state index contributed by atoms with van der Waals surface area (Å²) in [7, 11) is 0. The van der Waals surface area contributed by atoms with E-state index in [2.05, 4.69) is 55.3 Å². The second kappa shape index (κ2) is 14.1. The van der Waals surface area contributed by atoms with E-state index in [1.807, 2.05) is 13.8 Å². The highest BCUT2D eigenvalue weighted by Crippen LogP contribution is 2.07. The van der Waals surface area contributed by atoms with Gasteiger partial charge in [0.2, 0.25) is 0 Å². The van der Waals surface area contributed by atoms with Crippen molar-refractivity contribution in [2.24, 2.45) is 4.99 Å². The SMILES string of the molecule is C=CC.CCN=C(C)C(=O)OCC.Cc1ccc(C)c(C)c1. The molecule has 22 heavy (non-hydrogen) atoms. The molecule has 3 nitrogen and oxygen atoms in total. The van der Waals surface area contributed by atoms with Crippen LogP contribution in [0.3, 0.4) is 0 Å². The minimum absolute atomic E-state index is 0.315. The normalized spacial score (nSPS) is 9.68. The Kier molecular flexibility index (Phi) is 14.3. The number of carbonyl (C=O) groups is 1. The van der Waals surface area contributed by atoms with Gasteiger partial charge in [0.25, 0.3) is 0 Å². The molecule has 0 atom stereocenters. The van der Waals surface area contributed by atoms with Crippen LogP contribution in [0, 0.1) is 20.8 Å². The number of nitrogens with zero attached hydrogens (tertiary/aromatic N) is 1. The monoisotopic (exact) mass is 305 g/mol. The highest BCUT2D eigenvalue weighted by atomic mass is 16.5. The molecule has 0 saturated heterocycles. The molecule has 0 aliphatic heterocycles. The van der Waals surface area contributed by atoms with E-state index in [0.29, 0.717) is 18.9 Å². The largest absolute Gasteiger partial charge is 0.462 e. The first kappa shape index (κ1) is 22.4. The van der Waals surface area contributed by atoms with Gasteiger partial charge < -0.3 is 4.74 Å². The fraction of sp³-hybridized carbons (Fsp3) is 0.474. The van der Waals surface area contributed by atoms with Crippen molar-refractivity contribution < 1.29 is 9.53 Å². The van der Waals surface area contributed by atoms with Gasteiger partial charge in [0, 0.05) is 6.54 Å². The van der Waals surface area contributed by atoms with Crippen LogP contribution in [-0.4, -0.2) is 24.8 Å². The van der Waals surface area contributed by atoms with Crippen molar-refractivity contribution >= 4 is 11.7 Å². The van der Waals surface area contributed by atoms with E-state index in [0.717, 1.165) is 0 Å². The van der Waals surface area contributed by atoms with Gasteiger partial charge in [-0.05, 0) is 59.6 Å². The Morgan fingerprint density at radius 1 is 1.23 bits per heavy atom. The number of ether oxygens (including phenoxy) is 1. The summed E-state index contributed by atoms with van der Waals surface area (Å²) in [5.41, 5.74) is 4.55. The number of esters is 1. The lowest BCUT2D eigenvalue weighted by Crippen LogP contribution is -2.14. The first-order chi connectivity index (χ1) is 10.3. The Balaban J connectivity index is 0. The van der Waals surface area contributed by atoms with E-state index in [9.17, 15) is 4.79 Å². The third-order valence-electron chi connectivity index (χ3n) is 2.63. The lowest BCUT2D eigenvalue weighted by molar-refractivity contribution is -0.135. The van der Waals surface area contributed by atoms with Gasteiger partial charge in [-0.2, -0.15) is 0 Å². The average Bonchev–Trinajstić information content (AvgIpc) is 2.45. The number of aliphatic imine (C=N–C) groups is 1. The second-order valence-corrected chi connectivity index (χ2v) is 4.78. The zero-order chi connectivity index (χ0) is 17.5. The molecule has 0 heterocycles. The molecule has 0 amide bonds. The van der Waals surface area contributed by atoms with Gasteiger partial charge in [0.15, 0.2) is 0 Å². The minimum Gasteiger partial charge on any atom is -0.462 e. The molecule has 124 valence electrons. The van der Waals surface area contributed by atoms with E-state index in [4.69, 9.17) is 0 Å². The summed E-state index contributed by atoms with van der Waals surface area (Å²) < 4.78 is 4.69. The third-order valence-corrected chi connectivity index (χ3v) is 2.63. The fourth-order valence-electron chi connectivity index (χ4n) is 1.43. The maximum atomic E-state index is 10.8. The average molecular weight is 305 g/mol. The van der Waals surface area contributed by atoms with Gasteiger partial charge in [0.05, 0.1) is 6.61 Å². The Morgan fingerprint density at radius 2 is 1.77 bits per heavy atom. The van der Waals surface area contributed by atoms with Crippen LogP contribution in [0.2, 0.25) is 0 Å². The molecule has 0 aliphatic carbocycles. The minimum atomic E-state index is -0.315. The van der Waals surface area contributed by atoms with Crippen LogP contribution in [0.4, 0.5) is 0 Å². The summed E-state index contributed by atoms with van der Waals surface area (Å²) in [5.74, 6) is -0.315. The molecule has 0 aliphatic rings. The lowest BCUT2D eigenvalue weighted by Gasteiger charge is -1.98. The van der Waals surface area contributed by atoms with Crippen LogP contribution in [0.1, 0.15) is 44.4 Å². The molecule has 1 rings (SSSR count). The van der Waals surface area contributed by atoms with Crippen LogP contribution in [-0.2, 0) is 9.53 Å². The van der Waals surface area contributed by atoms with Gasteiger partial charge in [0.1, 0.15) is 5.71 Å². The summed E-state index contributed by atoms with van der Waals surface area (Å²) >= 11 is 0. The van der Waals surface area contributed by atoms with Crippen LogP contribution in [0.15, 0.2) is 35.8 Å². The van der Waals surface area contributed by atoms with Gasteiger partial charge in [-0.1, -0.05) is 29.8 Å². The highest BCUT2D eigenvalue weighted by Gasteiger charge is 2.03. The lowest BCUT2D eigenvalue weighted by atomic mass is 10.1. The van der Waals surface area contributed by atoms with Crippen molar-refractivity contribution in [3.63, 3.8) is 0 Å². The first-order valence-electron chi connectivity index (χ1n) is 7.62. The molecule has 0 N–H and O–H groups in total. The number of aryl methyl sites for hydroxylation is 3.